The lowest BCUT2D eigenvalue weighted by Gasteiger charge is -2.02. The normalized spacial score (nSPS) is 11.0. The fourth-order valence-electron chi connectivity index (χ4n) is 2.02. The molecule has 3 aromatic rings. The molecule has 0 aliphatic heterocycles. The maximum absolute atomic E-state index is 5.96. The highest BCUT2D eigenvalue weighted by Crippen LogP contribution is 2.31. The van der Waals surface area contributed by atoms with Crippen LogP contribution in [0.15, 0.2) is 57.4 Å². The van der Waals surface area contributed by atoms with Crippen LogP contribution in [0.5, 0.6) is 0 Å². The summed E-state index contributed by atoms with van der Waals surface area (Å²) >= 11 is 9.42. The number of alkyl halides is 1. The summed E-state index contributed by atoms with van der Waals surface area (Å²) in [5.41, 5.74) is 3.02. The third kappa shape index (κ3) is 2.06. The van der Waals surface area contributed by atoms with E-state index in [1.807, 2.05) is 48.5 Å². The topological polar surface area (TPSA) is 13.1 Å². The quantitative estimate of drug-likeness (QED) is 0.560. The molecule has 0 atom stereocenters. The number of halogens is 2. The van der Waals surface area contributed by atoms with Crippen molar-refractivity contribution in [3.63, 3.8) is 0 Å². The summed E-state index contributed by atoms with van der Waals surface area (Å²) in [7, 11) is 0. The van der Waals surface area contributed by atoms with E-state index in [4.69, 9.17) is 16.0 Å². The van der Waals surface area contributed by atoms with Gasteiger partial charge in [0.2, 0.25) is 0 Å². The van der Waals surface area contributed by atoms with Gasteiger partial charge in [-0.3, -0.25) is 0 Å². The van der Waals surface area contributed by atoms with Crippen molar-refractivity contribution in [2.75, 3.05) is 0 Å². The highest BCUT2D eigenvalue weighted by molar-refractivity contribution is 9.10. The SMILES string of the molecule is ClCc1ccccc1-c1cc2cc(Br)ccc2o1. The van der Waals surface area contributed by atoms with Gasteiger partial charge >= 0.3 is 0 Å². The van der Waals surface area contributed by atoms with E-state index >= 15 is 0 Å². The zero-order valence-corrected chi connectivity index (χ0v) is 11.8. The molecule has 1 nitrogen and oxygen atoms in total. The van der Waals surface area contributed by atoms with E-state index in [9.17, 15) is 0 Å². The van der Waals surface area contributed by atoms with Crippen LogP contribution in [0, 0.1) is 0 Å². The Bertz CT molecular complexity index is 703. The highest BCUT2D eigenvalue weighted by Gasteiger charge is 2.09. The second-order valence-electron chi connectivity index (χ2n) is 4.08. The van der Waals surface area contributed by atoms with E-state index in [1.165, 1.54) is 0 Å². The molecule has 0 spiro atoms. The Labute approximate surface area is 119 Å². The van der Waals surface area contributed by atoms with Crippen LogP contribution in [0.3, 0.4) is 0 Å². The predicted molar refractivity (Wildman–Crippen MR) is 78.9 cm³/mol. The third-order valence-corrected chi connectivity index (χ3v) is 3.69. The first-order valence-electron chi connectivity index (χ1n) is 5.61. The van der Waals surface area contributed by atoms with E-state index in [1.54, 1.807) is 0 Å². The summed E-state index contributed by atoms with van der Waals surface area (Å²) in [6, 6.07) is 16.1. The van der Waals surface area contributed by atoms with Crippen LogP contribution in [-0.2, 0) is 5.88 Å². The molecular formula is C15H10BrClO. The van der Waals surface area contributed by atoms with Crippen molar-refractivity contribution < 1.29 is 4.42 Å². The van der Waals surface area contributed by atoms with Crippen molar-refractivity contribution in [2.24, 2.45) is 0 Å². The zero-order chi connectivity index (χ0) is 12.5. The molecule has 0 saturated carbocycles. The van der Waals surface area contributed by atoms with Crippen LogP contribution in [0.4, 0.5) is 0 Å². The van der Waals surface area contributed by atoms with Gasteiger partial charge < -0.3 is 4.42 Å². The summed E-state index contributed by atoms with van der Waals surface area (Å²) in [4.78, 5) is 0. The molecule has 0 saturated heterocycles. The van der Waals surface area contributed by atoms with Gasteiger partial charge in [0, 0.05) is 21.3 Å². The number of hydrogen-bond donors (Lipinski definition) is 0. The van der Waals surface area contributed by atoms with Gasteiger partial charge in [0.15, 0.2) is 0 Å². The van der Waals surface area contributed by atoms with E-state index in [0.717, 1.165) is 32.3 Å². The molecule has 18 heavy (non-hydrogen) atoms. The molecule has 1 aromatic heterocycles. The summed E-state index contributed by atoms with van der Waals surface area (Å²) in [6.07, 6.45) is 0. The second-order valence-corrected chi connectivity index (χ2v) is 5.27. The summed E-state index contributed by atoms with van der Waals surface area (Å²) in [5, 5.41) is 1.09. The molecule has 0 bridgehead atoms. The standard InChI is InChI=1S/C15H10BrClO/c16-12-5-6-14-11(7-12)8-15(18-14)13-4-2-1-3-10(13)9-17/h1-8H,9H2. The molecule has 0 unspecified atom stereocenters. The average Bonchev–Trinajstić information content (AvgIpc) is 2.81. The summed E-state index contributed by atoms with van der Waals surface area (Å²) in [5.74, 6) is 1.34. The van der Waals surface area contributed by atoms with Gasteiger partial charge in [-0.25, -0.2) is 0 Å². The monoisotopic (exact) mass is 320 g/mol. The fourth-order valence-corrected chi connectivity index (χ4v) is 2.64. The van der Waals surface area contributed by atoms with E-state index in [2.05, 4.69) is 15.9 Å². The first-order chi connectivity index (χ1) is 8.78. The molecule has 2 aromatic carbocycles. The number of rotatable bonds is 2. The molecule has 3 heteroatoms. The molecule has 1 heterocycles. The minimum atomic E-state index is 0.483. The minimum Gasteiger partial charge on any atom is -0.456 e. The maximum Gasteiger partial charge on any atom is 0.135 e. The molecule has 0 N–H and O–H groups in total. The van der Waals surface area contributed by atoms with Crippen molar-refractivity contribution >= 4 is 38.5 Å². The predicted octanol–water partition coefficient (Wildman–Crippen LogP) is 5.60. The van der Waals surface area contributed by atoms with Gasteiger partial charge in [-0.2, -0.15) is 0 Å². The largest absolute Gasteiger partial charge is 0.456 e. The average molecular weight is 322 g/mol. The maximum atomic E-state index is 5.96. The van der Waals surface area contributed by atoms with Crippen molar-refractivity contribution in [2.45, 2.75) is 5.88 Å². The van der Waals surface area contributed by atoms with Crippen LogP contribution in [0.2, 0.25) is 0 Å². The molecule has 90 valence electrons. The van der Waals surface area contributed by atoms with Crippen LogP contribution in [0.25, 0.3) is 22.3 Å². The number of furan rings is 1. The first-order valence-corrected chi connectivity index (χ1v) is 6.94. The van der Waals surface area contributed by atoms with Gasteiger partial charge in [0.05, 0.1) is 0 Å². The molecule has 0 fully saturated rings. The Balaban J connectivity index is 2.19. The Hall–Kier alpha value is -1.25. The number of fused-ring (bicyclic) bond motifs is 1. The summed E-state index contributed by atoms with van der Waals surface area (Å²) in [6.45, 7) is 0. The Morgan fingerprint density at radius 2 is 1.89 bits per heavy atom. The van der Waals surface area contributed by atoms with Crippen LogP contribution >= 0.6 is 27.5 Å². The smallest absolute Gasteiger partial charge is 0.135 e. The Morgan fingerprint density at radius 1 is 1.06 bits per heavy atom. The van der Waals surface area contributed by atoms with Gasteiger partial charge in [-0.05, 0) is 29.8 Å². The van der Waals surface area contributed by atoms with Crippen LogP contribution in [-0.4, -0.2) is 0 Å². The van der Waals surface area contributed by atoms with Crippen molar-refractivity contribution in [3.05, 3.63) is 58.6 Å². The Morgan fingerprint density at radius 3 is 2.72 bits per heavy atom. The van der Waals surface area contributed by atoms with Crippen LogP contribution < -0.4 is 0 Å². The lowest BCUT2D eigenvalue weighted by atomic mass is 10.1. The number of hydrogen-bond acceptors (Lipinski definition) is 1. The molecule has 0 amide bonds. The lowest BCUT2D eigenvalue weighted by molar-refractivity contribution is 0.631. The lowest BCUT2D eigenvalue weighted by Crippen LogP contribution is -1.83. The summed E-state index contributed by atoms with van der Waals surface area (Å²) < 4.78 is 6.92. The van der Waals surface area contributed by atoms with Gasteiger partial charge in [-0.15, -0.1) is 11.6 Å². The first kappa shape index (κ1) is 11.8. The molecular weight excluding hydrogens is 312 g/mol. The van der Waals surface area contributed by atoms with Crippen molar-refractivity contribution in [3.8, 4) is 11.3 Å². The van der Waals surface area contributed by atoms with Crippen LogP contribution in [0.1, 0.15) is 5.56 Å². The molecule has 0 aliphatic carbocycles. The van der Waals surface area contributed by atoms with E-state index in [0.29, 0.717) is 5.88 Å². The fraction of sp³-hybridized carbons (Fsp3) is 0.0667. The van der Waals surface area contributed by atoms with Gasteiger partial charge in [0.25, 0.3) is 0 Å². The van der Waals surface area contributed by atoms with Crippen molar-refractivity contribution in [1.82, 2.24) is 0 Å². The highest BCUT2D eigenvalue weighted by atomic mass is 79.9. The molecule has 0 radical (unpaired) electrons. The molecule has 3 rings (SSSR count). The van der Waals surface area contributed by atoms with Gasteiger partial charge in [-0.1, -0.05) is 40.2 Å². The third-order valence-electron chi connectivity index (χ3n) is 2.91. The molecule has 0 aliphatic rings. The zero-order valence-electron chi connectivity index (χ0n) is 9.49. The van der Waals surface area contributed by atoms with E-state index < -0.39 is 0 Å². The number of benzene rings is 2. The van der Waals surface area contributed by atoms with Gasteiger partial charge in [0.1, 0.15) is 11.3 Å². The van der Waals surface area contributed by atoms with Crippen molar-refractivity contribution in [1.29, 1.82) is 0 Å². The minimum absolute atomic E-state index is 0.483. The van der Waals surface area contributed by atoms with E-state index in [-0.39, 0.29) is 0 Å². The second kappa shape index (κ2) is 4.79. The Kier molecular flexibility index (Phi) is 3.14.